The van der Waals surface area contributed by atoms with Crippen LogP contribution in [0.15, 0.2) is 61.2 Å². The highest BCUT2D eigenvalue weighted by molar-refractivity contribution is 5.85. The minimum absolute atomic E-state index is 0.00675. The summed E-state index contributed by atoms with van der Waals surface area (Å²) in [4.78, 5) is 30.4. The Labute approximate surface area is 211 Å². The number of ether oxygens (including phenoxy) is 1. The van der Waals surface area contributed by atoms with E-state index < -0.39 is 11.7 Å². The Morgan fingerprint density at radius 1 is 1.22 bits per heavy atom. The van der Waals surface area contributed by atoms with E-state index >= 15 is 4.39 Å². The molecule has 0 spiro atoms. The molecule has 37 heavy (non-hydrogen) atoms. The Hall–Kier alpha value is -4.87. The number of nitrogens with two attached hydrogens (primary N) is 1. The monoisotopic (exact) mass is 501 g/mol. The Kier molecular flexibility index (Phi) is 6.45. The number of anilines is 3. The molecule has 0 atom stereocenters. The molecular formula is C25H24FN9O2. The zero-order valence-corrected chi connectivity index (χ0v) is 20.2. The molecule has 3 aromatic heterocycles. The Balaban J connectivity index is 1.43. The van der Waals surface area contributed by atoms with Crippen LogP contribution in [-0.2, 0) is 11.8 Å². The maximum Gasteiger partial charge on any atom is 0.322 e. The molecule has 4 heterocycles. The fourth-order valence-corrected chi connectivity index (χ4v) is 3.86. The molecule has 0 aliphatic carbocycles. The van der Waals surface area contributed by atoms with Gasteiger partial charge >= 0.3 is 6.01 Å². The van der Waals surface area contributed by atoms with Gasteiger partial charge in [0.1, 0.15) is 5.82 Å². The van der Waals surface area contributed by atoms with Crippen LogP contribution < -0.4 is 20.7 Å². The van der Waals surface area contributed by atoms with Crippen LogP contribution in [0.2, 0.25) is 0 Å². The van der Waals surface area contributed by atoms with Gasteiger partial charge < -0.3 is 20.7 Å². The number of hydrogen-bond acceptors (Lipinski definition) is 9. The number of nitrogens with one attached hydrogen (secondary N) is 1. The highest BCUT2D eigenvalue weighted by Crippen LogP contribution is 2.36. The number of rotatable bonds is 8. The highest BCUT2D eigenvalue weighted by atomic mass is 19.1. The third-order valence-electron chi connectivity index (χ3n) is 5.69. The number of carbonyl (C=O) groups excluding carboxylic acids is 1. The van der Waals surface area contributed by atoms with E-state index in [0.29, 0.717) is 41.7 Å². The van der Waals surface area contributed by atoms with E-state index in [2.05, 4.69) is 25.4 Å². The van der Waals surface area contributed by atoms with Crippen molar-refractivity contribution in [3.8, 4) is 22.9 Å². The van der Waals surface area contributed by atoms with Crippen LogP contribution in [0.4, 0.5) is 21.8 Å². The molecule has 188 valence electrons. The van der Waals surface area contributed by atoms with Crippen LogP contribution in [0.3, 0.4) is 0 Å². The number of benzene rings is 1. The van der Waals surface area contributed by atoms with E-state index in [-0.39, 0.29) is 17.7 Å². The number of nitrogens with zero attached hydrogens (tertiary/aromatic N) is 7. The van der Waals surface area contributed by atoms with Crippen LogP contribution in [0, 0.1) is 18.7 Å². The fourth-order valence-electron chi connectivity index (χ4n) is 3.86. The number of aryl methyl sites for hydroxylation is 2. The molecule has 1 aliphatic heterocycles. The lowest BCUT2D eigenvalue weighted by atomic mass is 9.97. The van der Waals surface area contributed by atoms with Gasteiger partial charge in [0.15, 0.2) is 11.6 Å². The number of hydrogen-bond donors (Lipinski definition) is 2. The van der Waals surface area contributed by atoms with E-state index in [9.17, 15) is 4.79 Å². The molecule has 0 unspecified atom stereocenters. The van der Waals surface area contributed by atoms with Gasteiger partial charge in [-0.15, -0.1) is 0 Å². The van der Waals surface area contributed by atoms with E-state index in [1.807, 2.05) is 11.9 Å². The molecule has 1 fully saturated rings. The summed E-state index contributed by atoms with van der Waals surface area (Å²) in [6.07, 6.45) is 9.81. The van der Waals surface area contributed by atoms with Gasteiger partial charge in [0.05, 0.1) is 11.9 Å². The average molecular weight is 502 g/mol. The van der Waals surface area contributed by atoms with Gasteiger partial charge in [-0.3, -0.25) is 9.48 Å². The first-order chi connectivity index (χ1) is 17.8. The summed E-state index contributed by atoms with van der Waals surface area (Å²) in [5, 5.41) is 7.28. The quantitative estimate of drug-likeness (QED) is 0.349. The van der Waals surface area contributed by atoms with Crippen molar-refractivity contribution in [1.29, 1.82) is 0 Å². The van der Waals surface area contributed by atoms with Crippen molar-refractivity contribution in [2.45, 2.75) is 6.92 Å². The predicted octanol–water partition coefficient (Wildman–Crippen LogP) is 3.13. The van der Waals surface area contributed by atoms with Gasteiger partial charge in [0.25, 0.3) is 0 Å². The summed E-state index contributed by atoms with van der Waals surface area (Å²) in [7, 11) is 1.81. The van der Waals surface area contributed by atoms with Gasteiger partial charge in [-0.05, 0) is 36.8 Å². The summed E-state index contributed by atoms with van der Waals surface area (Å²) in [6.45, 7) is 3.04. The second-order valence-corrected chi connectivity index (χ2v) is 8.61. The van der Waals surface area contributed by atoms with Gasteiger partial charge in [-0.25, -0.2) is 19.3 Å². The maximum absolute atomic E-state index is 15.0. The van der Waals surface area contributed by atoms with Crippen molar-refractivity contribution in [3.05, 3.63) is 72.7 Å². The maximum atomic E-state index is 15.0. The Morgan fingerprint density at radius 2 is 2.05 bits per heavy atom. The Bertz CT molecular complexity index is 1480. The zero-order chi connectivity index (χ0) is 25.9. The molecule has 5 rings (SSSR count). The highest BCUT2D eigenvalue weighted by Gasteiger charge is 2.29. The molecular weight excluding hydrogens is 477 g/mol. The van der Waals surface area contributed by atoms with Gasteiger partial charge in [0.2, 0.25) is 11.9 Å². The van der Waals surface area contributed by atoms with Crippen LogP contribution in [-0.4, -0.2) is 48.7 Å². The molecule has 4 aromatic rings. The molecule has 11 nitrogen and oxygen atoms in total. The van der Waals surface area contributed by atoms with Crippen molar-refractivity contribution in [1.82, 2.24) is 29.7 Å². The lowest BCUT2D eigenvalue weighted by Crippen LogP contribution is -2.46. The number of amides is 1. The molecule has 3 N–H and O–H groups in total. The third-order valence-corrected chi connectivity index (χ3v) is 5.69. The first kappa shape index (κ1) is 23.9. The van der Waals surface area contributed by atoms with Crippen LogP contribution in [0.1, 0.15) is 5.69 Å². The predicted molar refractivity (Wildman–Crippen MR) is 135 cm³/mol. The van der Waals surface area contributed by atoms with E-state index in [4.69, 9.17) is 15.5 Å². The summed E-state index contributed by atoms with van der Waals surface area (Å²) < 4.78 is 22.2. The third kappa shape index (κ3) is 5.53. The topological polar surface area (TPSA) is 137 Å². The standard InChI is InChI=1S/C25H24FN9O2/c1-15-7-8-28-25(31-15)37-21-5-4-17(9-20(21)26)19-11-29-24(32-18-10-30-34(2)14-18)33-23(19)35-12-16(13-35)3-6-22(27)36/h3-11,14,16H,12-13H2,1-2H3,(H2,27,36)(H,29,32,33). The van der Waals surface area contributed by atoms with E-state index in [1.165, 1.54) is 18.2 Å². The van der Waals surface area contributed by atoms with Gasteiger partial charge in [-0.1, -0.05) is 12.1 Å². The number of carbonyl (C=O) groups is 1. The smallest absolute Gasteiger partial charge is 0.322 e. The van der Waals surface area contributed by atoms with Crippen molar-refractivity contribution in [2.24, 2.45) is 18.7 Å². The first-order valence-electron chi connectivity index (χ1n) is 11.5. The van der Waals surface area contributed by atoms with Crippen molar-refractivity contribution in [3.63, 3.8) is 0 Å². The molecule has 0 bridgehead atoms. The van der Waals surface area contributed by atoms with Crippen LogP contribution in [0.25, 0.3) is 11.1 Å². The summed E-state index contributed by atoms with van der Waals surface area (Å²) in [6, 6.07) is 6.42. The second kappa shape index (κ2) is 10.0. The van der Waals surface area contributed by atoms with Crippen molar-refractivity contribution in [2.75, 3.05) is 23.3 Å². The number of aromatic nitrogens is 6. The number of primary amides is 1. The van der Waals surface area contributed by atoms with Crippen LogP contribution >= 0.6 is 0 Å². The molecule has 1 aliphatic rings. The lowest BCUT2D eigenvalue weighted by molar-refractivity contribution is -0.113. The second-order valence-electron chi connectivity index (χ2n) is 8.61. The van der Waals surface area contributed by atoms with Crippen LogP contribution in [0.5, 0.6) is 11.8 Å². The minimum atomic E-state index is -0.572. The fraction of sp³-hybridized carbons (Fsp3) is 0.200. The van der Waals surface area contributed by atoms with E-state index in [0.717, 1.165) is 5.69 Å². The zero-order valence-electron chi connectivity index (χ0n) is 20.2. The van der Waals surface area contributed by atoms with Crippen molar-refractivity contribution < 1.29 is 13.9 Å². The molecule has 0 radical (unpaired) electrons. The molecule has 0 saturated carbocycles. The Morgan fingerprint density at radius 3 is 2.76 bits per heavy atom. The SMILES string of the molecule is Cc1ccnc(Oc2ccc(-c3cnc(Nc4cnn(C)c4)nc3N3CC(C=CC(N)=O)C3)cc2F)n1. The van der Waals surface area contributed by atoms with E-state index in [1.54, 1.807) is 54.6 Å². The summed E-state index contributed by atoms with van der Waals surface area (Å²) in [5.41, 5.74) is 7.88. The molecule has 1 aromatic carbocycles. The average Bonchev–Trinajstić information content (AvgIpc) is 3.24. The molecule has 1 amide bonds. The normalized spacial score (nSPS) is 13.5. The number of halogens is 1. The molecule has 1 saturated heterocycles. The minimum Gasteiger partial charge on any atom is -0.421 e. The van der Waals surface area contributed by atoms with Gasteiger partial charge in [-0.2, -0.15) is 10.1 Å². The largest absolute Gasteiger partial charge is 0.421 e. The first-order valence-corrected chi connectivity index (χ1v) is 11.5. The summed E-state index contributed by atoms with van der Waals surface area (Å²) >= 11 is 0. The van der Waals surface area contributed by atoms with Gasteiger partial charge in [0, 0.05) is 55.9 Å². The lowest BCUT2D eigenvalue weighted by Gasteiger charge is -2.39. The van der Waals surface area contributed by atoms with Crippen molar-refractivity contribution >= 4 is 23.4 Å². The summed E-state index contributed by atoms with van der Waals surface area (Å²) in [5.74, 6) is 0.0919. The molecule has 12 heteroatoms.